The molecule has 80 valence electrons. The second kappa shape index (κ2) is 4.45. The number of fused-ring (bicyclic) bond motifs is 1. The fourth-order valence-electron chi connectivity index (χ4n) is 1.72. The SMILES string of the molecule is CCc1nc2ccc(CCCO)cc2[nH]1. The molecule has 15 heavy (non-hydrogen) atoms. The molecular weight excluding hydrogens is 188 g/mol. The normalized spacial score (nSPS) is 11.1. The number of aryl methyl sites for hydroxylation is 2. The molecule has 0 unspecified atom stereocenters. The highest BCUT2D eigenvalue weighted by molar-refractivity contribution is 5.75. The summed E-state index contributed by atoms with van der Waals surface area (Å²) in [4.78, 5) is 7.74. The zero-order valence-electron chi connectivity index (χ0n) is 8.95. The minimum absolute atomic E-state index is 0.251. The highest BCUT2D eigenvalue weighted by atomic mass is 16.2. The largest absolute Gasteiger partial charge is 0.396 e. The van der Waals surface area contributed by atoms with Gasteiger partial charge in [-0.3, -0.25) is 0 Å². The zero-order valence-corrected chi connectivity index (χ0v) is 8.95. The Labute approximate surface area is 89.2 Å². The number of imidazole rings is 1. The number of aliphatic hydroxyl groups is 1. The minimum Gasteiger partial charge on any atom is -0.396 e. The van der Waals surface area contributed by atoms with Crippen molar-refractivity contribution in [3.05, 3.63) is 29.6 Å². The first kappa shape index (κ1) is 10.2. The molecule has 1 aromatic heterocycles. The van der Waals surface area contributed by atoms with Crippen molar-refractivity contribution >= 4 is 11.0 Å². The number of H-pyrrole nitrogens is 1. The quantitative estimate of drug-likeness (QED) is 0.800. The number of nitrogens with one attached hydrogen (secondary N) is 1. The third-order valence-electron chi connectivity index (χ3n) is 2.55. The maximum absolute atomic E-state index is 8.76. The van der Waals surface area contributed by atoms with Crippen LogP contribution in [-0.2, 0) is 12.8 Å². The molecule has 0 fully saturated rings. The number of benzene rings is 1. The zero-order chi connectivity index (χ0) is 10.7. The summed E-state index contributed by atoms with van der Waals surface area (Å²) in [5.74, 6) is 1.03. The molecule has 1 aromatic carbocycles. The molecule has 0 radical (unpaired) electrons. The predicted molar refractivity (Wildman–Crippen MR) is 60.9 cm³/mol. The molecule has 0 saturated carbocycles. The van der Waals surface area contributed by atoms with Gasteiger partial charge in [-0.25, -0.2) is 4.98 Å². The molecule has 2 rings (SSSR count). The summed E-state index contributed by atoms with van der Waals surface area (Å²) in [6.45, 7) is 2.34. The fourth-order valence-corrected chi connectivity index (χ4v) is 1.72. The Morgan fingerprint density at radius 2 is 2.27 bits per heavy atom. The van der Waals surface area contributed by atoms with E-state index in [0.717, 1.165) is 36.1 Å². The van der Waals surface area contributed by atoms with Crippen LogP contribution in [0.5, 0.6) is 0 Å². The molecule has 2 aromatic rings. The number of hydrogen-bond acceptors (Lipinski definition) is 2. The maximum Gasteiger partial charge on any atom is 0.106 e. The van der Waals surface area contributed by atoms with E-state index in [1.807, 2.05) is 6.07 Å². The average Bonchev–Trinajstić information content (AvgIpc) is 2.68. The van der Waals surface area contributed by atoms with Crippen molar-refractivity contribution < 1.29 is 5.11 Å². The van der Waals surface area contributed by atoms with Gasteiger partial charge >= 0.3 is 0 Å². The van der Waals surface area contributed by atoms with Gasteiger partial charge in [0.2, 0.25) is 0 Å². The molecule has 0 aliphatic carbocycles. The Balaban J connectivity index is 2.29. The van der Waals surface area contributed by atoms with E-state index in [2.05, 4.69) is 29.0 Å². The number of nitrogens with zero attached hydrogens (tertiary/aromatic N) is 1. The highest BCUT2D eigenvalue weighted by Gasteiger charge is 2.01. The molecule has 0 aliphatic rings. The van der Waals surface area contributed by atoms with Gasteiger partial charge in [-0.2, -0.15) is 0 Å². The lowest BCUT2D eigenvalue weighted by atomic mass is 10.1. The van der Waals surface area contributed by atoms with Gasteiger partial charge in [-0.15, -0.1) is 0 Å². The first-order valence-electron chi connectivity index (χ1n) is 5.42. The van der Waals surface area contributed by atoms with E-state index in [1.165, 1.54) is 5.56 Å². The molecule has 3 nitrogen and oxygen atoms in total. The Hall–Kier alpha value is -1.35. The number of hydrogen-bond donors (Lipinski definition) is 2. The molecular formula is C12H16N2O. The van der Waals surface area contributed by atoms with Gasteiger partial charge in [-0.05, 0) is 30.5 Å². The molecule has 3 heteroatoms. The molecule has 2 N–H and O–H groups in total. The van der Waals surface area contributed by atoms with Crippen LogP contribution in [0, 0.1) is 0 Å². The third kappa shape index (κ3) is 2.18. The van der Waals surface area contributed by atoms with Gasteiger partial charge in [0.15, 0.2) is 0 Å². The van der Waals surface area contributed by atoms with Crippen LogP contribution in [0.25, 0.3) is 11.0 Å². The van der Waals surface area contributed by atoms with Crippen molar-refractivity contribution in [2.45, 2.75) is 26.2 Å². The Morgan fingerprint density at radius 3 is 3.00 bits per heavy atom. The van der Waals surface area contributed by atoms with Crippen molar-refractivity contribution in [2.24, 2.45) is 0 Å². The molecule has 0 atom stereocenters. The van der Waals surface area contributed by atoms with Crippen LogP contribution < -0.4 is 0 Å². The van der Waals surface area contributed by atoms with E-state index in [9.17, 15) is 0 Å². The van der Waals surface area contributed by atoms with Crippen LogP contribution in [-0.4, -0.2) is 21.7 Å². The maximum atomic E-state index is 8.76. The first-order chi connectivity index (χ1) is 7.33. The van der Waals surface area contributed by atoms with Crippen molar-refractivity contribution in [1.82, 2.24) is 9.97 Å². The lowest BCUT2D eigenvalue weighted by molar-refractivity contribution is 0.288. The summed E-state index contributed by atoms with van der Waals surface area (Å²) in [6.07, 6.45) is 2.67. The van der Waals surface area contributed by atoms with Crippen LogP contribution in [0.3, 0.4) is 0 Å². The number of aromatic nitrogens is 2. The number of rotatable bonds is 4. The number of aliphatic hydroxyl groups excluding tert-OH is 1. The smallest absolute Gasteiger partial charge is 0.106 e. The first-order valence-corrected chi connectivity index (χ1v) is 5.42. The molecule has 1 heterocycles. The van der Waals surface area contributed by atoms with Crippen LogP contribution >= 0.6 is 0 Å². The van der Waals surface area contributed by atoms with E-state index in [-0.39, 0.29) is 6.61 Å². The van der Waals surface area contributed by atoms with E-state index < -0.39 is 0 Å². The van der Waals surface area contributed by atoms with Gasteiger partial charge in [0.1, 0.15) is 5.82 Å². The Bertz CT molecular complexity index is 448. The lowest BCUT2D eigenvalue weighted by Crippen LogP contribution is -1.88. The minimum atomic E-state index is 0.251. The van der Waals surface area contributed by atoms with Gasteiger partial charge in [0.25, 0.3) is 0 Å². The van der Waals surface area contributed by atoms with Gasteiger partial charge < -0.3 is 10.1 Å². The average molecular weight is 204 g/mol. The summed E-state index contributed by atoms with van der Waals surface area (Å²) in [5.41, 5.74) is 3.38. The van der Waals surface area contributed by atoms with Crippen LogP contribution in [0.1, 0.15) is 24.7 Å². The monoisotopic (exact) mass is 204 g/mol. The van der Waals surface area contributed by atoms with Crippen molar-refractivity contribution in [3.8, 4) is 0 Å². The van der Waals surface area contributed by atoms with Crippen molar-refractivity contribution in [1.29, 1.82) is 0 Å². The van der Waals surface area contributed by atoms with E-state index in [4.69, 9.17) is 5.11 Å². The molecule has 0 saturated heterocycles. The molecule has 0 aliphatic heterocycles. The predicted octanol–water partition coefficient (Wildman–Crippen LogP) is 2.05. The number of aromatic amines is 1. The van der Waals surface area contributed by atoms with Crippen molar-refractivity contribution in [2.75, 3.05) is 6.61 Å². The highest BCUT2D eigenvalue weighted by Crippen LogP contribution is 2.15. The van der Waals surface area contributed by atoms with Gasteiger partial charge in [0.05, 0.1) is 11.0 Å². The van der Waals surface area contributed by atoms with Gasteiger partial charge in [0, 0.05) is 13.0 Å². The topological polar surface area (TPSA) is 48.9 Å². The standard InChI is InChI=1S/C12H16N2O/c1-2-12-13-10-6-5-9(4-3-7-15)8-11(10)14-12/h5-6,8,15H,2-4,7H2,1H3,(H,13,14). The van der Waals surface area contributed by atoms with E-state index in [1.54, 1.807) is 0 Å². The van der Waals surface area contributed by atoms with Crippen LogP contribution in [0.2, 0.25) is 0 Å². The fraction of sp³-hybridized carbons (Fsp3) is 0.417. The Kier molecular flexibility index (Phi) is 3.02. The van der Waals surface area contributed by atoms with Crippen molar-refractivity contribution in [3.63, 3.8) is 0 Å². The second-order valence-electron chi connectivity index (χ2n) is 3.72. The van der Waals surface area contributed by atoms with Crippen LogP contribution in [0.4, 0.5) is 0 Å². The second-order valence-corrected chi connectivity index (χ2v) is 3.72. The lowest BCUT2D eigenvalue weighted by Gasteiger charge is -1.98. The van der Waals surface area contributed by atoms with E-state index >= 15 is 0 Å². The summed E-state index contributed by atoms with van der Waals surface area (Å²) >= 11 is 0. The summed E-state index contributed by atoms with van der Waals surface area (Å²) < 4.78 is 0. The Morgan fingerprint density at radius 1 is 1.40 bits per heavy atom. The summed E-state index contributed by atoms with van der Waals surface area (Å²) in [5, 5.41) is 8.76. The van der Waals surface area contributed by atoms with E-state index in [0.29, 0.717) is 0 Å². The molecule has 0 bridgehead atoms. The molecule has 0 amide bonds. The summed E-state index contributed by atoms with van der Waals surface area (Å²) in [7, 11) is 0. The third-order valence-corrected chi connectivity index (χ3v) is 2.55. The van der Waals surface area contributed by atoms with Crippen LogP contribution in [0.15, 0.2) is 18.2 Å². The summed E-state index contributed by atoms with van der Waals surface area (Å²) in [6, 6.07) is 6.24. The van der Waals surface area contributed by atoms with Gasteiger partial charge in [-0.1, -0.05) is 13.0 Å². The molecule has 0 spiro atoms.